The van der Waals surface area contributed by atoms with Gasteiger partial charge in [0.25, 0.3) is 0 Å². The van der Waals surface area contributed by atoms with Crippen molar-refractivity contribution in [3.63, 3.8) is 0 Å². The molecular weight excluding hydrogens is 291 g/mol. The van der Waals surface area contributed by atoms with E-state index in [1.54, 1.807) is 43.5 Å². The largest absolute Gasteiger partial charge is 0.497 e. The van der Waals surface area contributed by atoms with Crippen molar-refractivity contribution in [2.45, 2.75) is 11.3 Å². The molecule has 1 unspecified atom stereocenters. The highest BCUT2D eigenvalue weighted by atomic mass is 32.2. The Morgan fingerprint density at radius 3 is 2.29 bits per heavy atom. The second kappa shape index (κ2) is 7.13. The second-order valence-corrected chi connectivity index (χ2v) is 5.96. The lowest BCUT2D eigenvalue weighted by Crippen LogP contribution is -2.13. The molecule has 2 aromatic carbocycles. The van der Waals surface area contributed by atoms with Crippen molar-refractivity contribution in [3.8, 4) is 5.75 Å². The molecule has 3 nitrogen and oxygen atoms in total. The summed E-state index contributed by atoms with van der Waals surface area (Å²) in [7, 11) is 0.173. The Labute approximate surface area is 125 Å². The molecule has 0 aliphatic heterocycles. The maximum atomic E-state index is 12.8. The first-order valence-corrected chi connectivity index (χ1v) is 7.69. The van der Waals surface area contributed by atoms with Crippen LogP contribution < -0.4 is 4.74 Å². The van der Waals surface area contributed by atoms with E-state index in [2.05, 4.69) is 0 Å². The third kappa shape index (κ3) is 4.49. The zero-order valence-corrected chi connectivity index (χ0v) is 12.4. The fourth-order valence-electron chi connectivity index (χ4n) is 1.84. The average Bonchev–Trinajstić information content (AvgIpc) is 2.49. The van der Waals surface area contributed by atoms with Gasteiger partial charge in [-0.15, -0.1) is 0 Å². The molecule has 0 bridgehead atoms. The van der Waals surface area contributed by atoms with Crippen molar-refractivity contribution in [3.05, 3.63) is 59.9 Å². The van der Waals surface area contributed by atoms with Gasteiger partial charge in [-0.2, -0.15) is 0 Å². The maximum Gasteiger partial charge on any atom is 0.150 e. The number of carbonyl (C=O) groups excluding carboxylic acids is 1. The summed E-state index contributed by atoms with van der Waals surface area (Å²) in [5.41, 5.74) is 0.716. The monoisotopic (exact) mass is 306 g/mol. The minimum atomic E-state index is -1.38. The number of ether oxygens (including phenoxy) is 1. The van der Waals surface area contributed by atoms with Crippen molar-refractivity contribution in [2.24, 2.45) is 0 Å². The van der Waals surface area contributed by atoms with E-state index in [4.69, 9.17) is 4.74 Å². The zero-order valence-electron chi connectivity index (χ0n) is 11.5. The van der Waals surface area contributed by atoms with Crippen LogP contribution in [0.3, 0.4) is 0 Å². The third-order valence-electron chi connectivity index (χ3n) is 2.93. The highest BCUT2D eigenvalue weighted by Gasteiger charge is 2.11. The second-order valence-electron chi connectivity index (χ2n) is 4.51. The summed E-state index contributed by atoms with van der Waals surface area (Å²) in [6.07, 6.45) is 0.155. The average molecular weight is 306 g/mol. The maximum absolute atomic E-state index is 12.8. The first kappa shape index (κ1) is 15.4. The van der Waals surface area contributed by atoms with Gasteiger partial charge < -0.3 is 4.74 Å². The van der Waals surface area contributed by atoms with Crippen LogP contribution in [0.4, 0.5) is 4.39 Å². The number of rotatable bonds is 6. The van der Waals surface area contributed by atoms with Crippen molar-refractivity contribution in [1.82, 2.24) is 0 Å². The van der Waals surface area contributed by atoms with Gasteiger partial charge in [0, 0.05) is 11.3 Å². The van der Waals surface area contributed by atoms with Crippen LogP contribution in [0.25, 0.3) is 0 Å². The highest BCUT2D eigenvalue weighted by Crippen LogP contribution is 2.15. The van der Waals surface area contributed by atoms with Crippen LogP contribution in [-0.4, -0.2) is 22.9 Å². The van der Waals surface area contributed by atoms with Gasteiger partial charge in [0.05, 0.1) is 23.7 Å². The smallest absolute Gasteiger partial charge is 0.150 e. The van der Waals surface area contributed by atoms with Gasteiger partial charge in [-0.1, -0.05) is 12.1 Å². The molecule has 2 aromatic rings. The quantitative estimate of drug-likeness (QED) is 0.824. The lowest BCUT2D eigenvalue weighted by Gasteiger charge is -2.04. The Kier molecular flexibility index (Phi) is 5.22. The fraction of sp³-hybridized carbons (Fsp3) is 0.188. The minimum absolute atomic E-state index is 0.0519. The molecule has 1 atom stereocenters. The standard InChI is InChI=1S/C16H15FO3S/c1-20-15-6-8-16(9-7-15)21(19)11-14(18)10-12-2-4-13(17)5-3-12/h2-9H,10-11H2,1H3. The van der Waals surface area contributed by atoms with E-state index in [0.717, 1.165) is 0 Å². The van der Waals surface area contributed by atoms with E-state index < -0.39 is 10.8 Å². The van der Waals surface area contributed by atoms with Gasteiger partial charge in [0.15, 0.2) is 0 Å². The summed E-state index contributed by atoms with van der Waals surface area (Å²) in [5.74, 6) is 0.140. The van der Waals surface area contributed by atoms with E-state index in [-0.39, 0.29) is 23.8 Å². The van der Waals surface area contributed by atoms with Gasteiger partial charge in [0.1, 0.15) is 17.3 Å². The molecule has 0 radical (unpaired) electrons. The predicted octanol–water partition coefficient (Wildman–Crippen LogP) is 2.75. The molecule has 5 heteroatoms. The molecule has 0 amide bonds. The van der Waals surface area contributed by atoms with Gasteiger partial charge in [-0.05, 0) is 42.0 Å². The molecule has 0 aliphatic rings. The van der Waals surface area contributed by atoms with E-state index in [1.165, 1.54) is 12.1 Å². The van der Waals surface area contributed by atoms with E-state index in [1.807, 2.05) is 0 Å². The number of halogens is 1. The molecular formula is C16H15FO3S. The van der Waals surface area contributed by atoms with E-state index >= 15 is 0 Å². The molecule has 21 heavy (non-hydrogen) atoms. The predicted molar refractivity (Wildman–Crippen MR) is 79.4 cm³/mol. The van der Waals surface area contributed by atoms with Gasteiger partial charge in [0.2, 0.25) is 0 Å². The van der Waals surface area contributed by atoms with Crippen LogP contribution in [0.5, 0.6) is 5.75 Å². The summed E-state index contributed by atoms with van der Waals surface area (Å²) in [6.45, 7) is 0. The summed E-state index contributed by atoms with van der Waals surface area (Å²) in [4.78, 5) is 12.5. The summed E-state index contributed by atoms with van der Waals surface area (Å²) < 4.78 is 29.9. The Bertz CT molecular complexity index is 636. The van der Waals surface area contributed by atoms with Crippen LogP contribution in [0.15, 0.2) is 53.4 Å². The fourth-order valence-corrected chi connectivity index (χ4v) is 2.84. The molecule has 0 aliphatic carbocycles. The molecule has 0 fully saturated rings. The summed E-state index contributed by atoms with van der Waals surface area (Å²) in [6, 6.07) is 12.5. The Morgan fingerprint density at radius 2 is 1.71 bits per heavy atom. The molecule has 0 heterocycles. The number of ketones is 1. The SMILES string of the molecule is COc1ccc(S(=O)CC(=O)Cc2ccc(F)cc2)cc1. The van der Waals surface area contributed by atoms with Crippen LogP contribution in [0.2, 0.25) is 0 Å². The number of benzene rings is 2. The van der Waals surface area contributed by atoms with Crippen molar-refractivity contribution in [2.75, 3.05) is 12.9 Å². The molecule has 0 N–H and O–H groups in total. The zero-order chi connectivity index (χ0) is 15.2. The Balaban J connectivity index is 1.95. The van der Waals surface area contributed by atoms with Crippen molar-refractivity contribution < 1.29 is 18.1 Å². The molecule has 110 valence electrons. The van der Waals surface area contributed by atoms with Crippen LogP contribution >= 0.6 is 0 Å². The minimum Gasteiger partial charge on any atom is -0.497 e. The number of Topliss-reactive ketones (excluding diaryl/α,β-unsaturated/α-hetero) is 1. The molecule has 2 rings (SSSR count). The van der Waals surface area contributed by atoms with Crippen LogP contribution in [0.1, 0.15) is 5.56 Å². The lowest BCUT2D eigenvalue weighted by molar-refractivity contribution is -0.116. The van der Waals surface area contributed by atoms with Crippen molar-refractivity contribution >= 4 is 16.6 Å². The summed E-state index contributed by atoms with van der Waals surface area (Å²) in [5, 5.41) is 0. The summed E-state index contributed by atoms with van der Waals surface area (Å²) >= 11 is 0. The Morgan fingerprint density at radius 1 is 1.10 bits per heavy atom. The number of carbonyl (C=O) groups is 1. The van der Waals surface area contributed by atoms with Gasteiger partial charge >= 0.3 is 0 Å². The molecule has 0 saturated carbocycles. The highest BCUT2D eigenvalue weighted by molar-refractivity contribution is 7.85. The number of methoxy groups -OCH3 is 1. The van der Waals surface area contributed by atoms with E-state index in [9.17, 15) is 13.4 Å². The topological polar surface area (TPSA) is 43.4 Å². The normalized spacial score (nSPS) is 11.9. The van der Waals surface area contributed by atoms with Crippen LogP contribution in [0, 0.1) is 5.82 Å². The van der Waals surface area contributed by atoms with Gasteiger partial charge in [-0.3, -0.25) is 9.00 Å². The van der Waals surface area contributed by atoms with Crippen LogP contribution in [-0.2, 0) is 22.0 Å². The molecule has 0 saturated heterocycles. The van der Waals surface area contributed by atoms with E-state index in [0.29, 0.717) is 16.2 Å². The third-order valence-corrected chi connectivity index (χ3v) is 4.31. The first-order valence-electron chi connectivity index (χ1n) is 6.37. The van der Waals surface area contributed by atoms with Gasteiger partial charge in [-0.25, -0.2) is 4.39 Å². The first-order chi connectivity index (χ1) is 10.1. The number of hydrogen-bond donors (Lipinski definition) is 0. The molecule has 0 aromatic heterocycles. The lowest BCUT2D eigenvalue weighted by atomic mass is 10.1. The number of hydrogen-bond acceptors (Lipinski definition) is 3. The molecule has 0 spiro atoms. The van der Waals surface area contributed by atoms with Crippen molar-refractivity contribution in [1.29, 1.82) is 0 Å². The Hall–Kier alpha value is -2.01.